The second kappa shape index (κ2) is 8.32. The number of hydrogen-bond acceptors (Lipinski definition) is 2. The Morgan fingerprint density at radius 2 is 2.00 bits per heavy atom. The highest BCUT2D eigenvalue weighted by Crippen LogP contribution is 2.43. The van der Waals surface area contributed by atoms with Crippen molar-refractivity contribution >= 4 is 17.7 Å². The van der Waals surface area contributed by atoms with Gasteiger partial charge in [-0.05, 0) is 31.6 Å². The van der Waals surface area contributed by atoms with Gasteiger partial charge in [-0.25, -0.2) is 0 Å². The number of nitrogens with zero attached hydrogens (tertiary/aromatic N) is 1. The molecule has 1 fully saturated rings. The third-order valence-corrected chi connectivity index (χ3v) is 4.79. The predicted octanol–water partition coefficient (Wildman–Crippen LogP) is 3.03. The number of hydrogen-bond donors (Lipinski definition) is 2. The average Bonchev–Trinajstić information content (AvgIpc) is 2.47. The van der Waals surface area contributed by atoms with Crippen LogP contribution in [0.2, 0.25) is 0 Å². The lowest BCUT2D eigenvalue weighted by atomic mass is 9.64. The quantitative estimate of drug-likeness (QED) is 0.462. The molecular weight excluding hydrogens is 278 g/mol. The van der Waals surface area contributed by atoms with Gasteiger partial charge in [0.2, 0.25) is 0 Å². The average molecular weight is 305 g/mol. The van der Waals surface area contributed by atoms with Crippen LogP contribution < -0.4 is 10.6 Å². The van der Waals surface area contributed by atoms with Crippen molar-refractivity contribution in [3.8, 4) is 0 Å². The zero-order chi connectivity index (χ0) is 15.0. The SMILES string of the molecule is CCNC(=NCC1(c2ccccc2)CCC1)NCCSC. The number of aliphatic imine (C=N–C) groups is 1. The summed E-state index contributed by atoms with van der Waals surface area (Å²) in [5.74, 6) is 2.06. The molecule has 1 aliphatic rings. The van der Waals surface area contributed by atoms with Crippen LogP contribution in [-0.4, -0.2) is 37.6 Å². The summed E-state index contributed by atoms with van der Waals surface area (Å²) in [6.45, 7) is 4.86. The third kappa shape index (κ3) is 4.40. The van der Waals surface area contributed by atoms with E-state index in [0.29, 0.717) is 0 Å². The number of nitrogens with one attached hydrogen (secondary N) is 2. The maximum absolute atomic E-state index is 4.84. The Bertz CT molecular complexity index is 441. The van der Waals surface area contributed by atoms with E-state index in [-0.39, 0.29) is 5.41 Å². The van der Waals surface area contributed by atoms with E-state index in [4.69, 9.17) is 4.99 Å². The van der Waals surface area contributed by atoms with Gasteiger partial charge in [0.05, 0.1) is 6.54 Å². The van der Waals surface area contributed by atoms with Crippen molar-refractivity contribution < 1.29 is 0 Å². The molecule has 0 heterocycles. The Morgan fingerprint density at radius 1 is 1.24 bits per heavy atom. The fraction of sp³-hybridized carbons (Fsp3) is 0.588. The molecule has 0 aromatic heterocycles. The van der Waals surface area contributed by atoms with E-state index in [0.717, 1.165) is 31.3 Å². The molecule has 3 nitrogen and oxygen atoms in total. The van der Waals surface area contributed by atoms with Crippen LogP contribution in [-0.2, 0) is 5.41 Å². The van der Waals surface area contributed by atoms with Crippen LogP contribution in [0.1, 0.15) is 31.7 Å². The molecule has 0 bridgehead atoms. The van der Waals surface area contributed by atoms with E-state index >= 15 is 0 Å². The molecule has 0 aliphatic heterocycles. The highest BCUT2D eigenvalue weighted by molar-refractivity contribution is 7.98. The van der Waals surface area contributed by atoms with Gasteiger partial charge in [-0.1, -0.05) is 36.8 Å². The van der Waals surface area contributed by atoms with Gasteiger partial charge in [-0.15, -0.1) is 0 Å². The second-order valence-corrected chi connectivity index (χ2v) is 6.60. The first-order chi connectivity index (χ1) is 10.3. The van der Waals surface area contributed by atoms with Crippen LogP contribution in [0, 0.1) is 0 Å². The minimum absolute atomic E-state index is 0.267. The van der Waals surface area contributed by atoms with Crippen molar-refractivity contribution in [2.24, 2.45) is 4.99 Å². The van der Waals surface area contributed by atoms with Crippen LogP contribution in [0.5, 0.6) is 0 Å². The number of benzene rings is 1. The molecule has 0 atom stereocenters. The predicted molar refractivity (Wildman–Crippen MR) is 94.3 cm³/mol. The first-order valence-corrected chi connectivity index (χ1v) is 9.27. The Labute approximate surface area is 133 Å². The van der Waals surface area contributed by atoms with Gasteiger partial charge in [0, 0.05) is 24.3 Å². The van der Waals surface area contributed by atoms with E-state index in [1.165, 1.54) is 24.8 Å². The van der Waals surface area contributed by atoms with Crippen molar-refractivity contribution in [3.63, 3.8) is 0 Å². The molecule has 116 valence electrons. The maximum Gasteiger partial charge on any atom is 0.191 e. The van der Waals surface area contributed by atoms with Crippen LogP contribution >= 0.6 is 11.8 Å². The highest BCUT2D eigenvalue weighted by atomic mass is 32.2. The molecule has 2 rings (SSSR count). The van der Waals surface area contributed by atoms with E-state index in [2.05, 4.69) is 54.1 Å². The van der Waals surface area contributed by atoms with E-state index in [1.807, 2.05) is 11.8 Å². The molecule has 0 spiro atoms. The Morgan fingerprint density at radius 3 is 2.57 bits per heavy atom. The Balaban J connectivity index is 2.00. The summed E-state index contributed by atoms with van der Waals surface area (Å²) in [6, 6.07) is 10.9. The summed E-state index contributed by atoms with van der Waals surface area (Å²) in [4.78, 5) is 4.84. The summed E-state index contributed by atoms with van der Waals surface area (Å²) in [5, 5.41) is 6.76. The Kier molecular flexibility index (Phi) is 6.43. The highest BCUT2D eigenvalue weighted by Gasteiger charge is 2.38. The van der Waals surface area contributed by atoms with Gasteiger partial charge >= 0.3 is 0 Å². The van der Waals surface area contributed by atoms with E-state index < -0.39 is 0 Å². The smallest absolute Gasteiger partial charge is 0.191 e. The minimum atomic E-state index is 0.267. The largest absolute Gasteiger partial charge is 0.357 e. The van der Waals surface area contributed by atoms with Crippen molar-refractivity contribution in [1.29, 1.82) is 0 Å². The van der Waals surface area contributed by atoms with Gasteiger partial charge in [-0.2, -0.15) is 11.8 Å². The zero-order valence-electron chi connectivity index (χ0n) is 13.2. The second-order valence-electron chi connectivity index (χ2n) is 5.61. The molecule has 2 N–H and O–H groups in total. The van der Waals surface area contributed by atoms with Crippen molar-refractivity contribution in [2.45, 2.75) is 31.6 Å². The van der Waals surface area contributed by atoms with Crippen molar-refractivity contribution in [2.75, 3.05) is 31.6 Å². The summed E-state index contributed by atoms with van der Waals surface area (Å²) in [6.07, 6.45) is 5.96. The lowest BCUT2D eigenvalue weighted by Crippen LogP contribution is -2.42. The van der Waals surface area contributed by atoms with Crippen LogP contribution in [0.15, 0.2) is 35.3 Å². The standard InChI is InChI=1S/C17H27N3S/c1-3-18-16(19-12-13-21-2)20-14-17(10-7-11-17)15-8-5-4-6-9-15/h4-6,8-9H,3,7,10-14H2,1-2H3,(H2,18,19,20). The molecule has 0 amide bonds. The van der Waals surface area contributed by atoms with Gasteiger partial charge in [0.15, 0.2) is 5.96 Å². The van der Waals surface area contributed by atoms with E-state index in [1.54, 1.807) is 0 Å². The van der Waals surface area contributed by atoms with Crippen LogP contribution in [0.3, 0.4) is 0 Å². The number of guanidine groups is 1. The molecule has 21 heavy (non-hydrogen) atoms. The lowest BCUT2D eigenvalue weighted by Gasteiger charge is -2.41. The molecule has 0 unspecified atom stereocenters. The maximum atomic E-state index is 4.84. The minimum Gasteiger partial charge on any atom is -0.357 e. The number of thioether (sulfide) groups is 1. The normalized spacial score (nSPS) is 17.1. The van der Waals surface area contributed by atoms with Crippen molar-refractivity contribution in [3.05, 3.63) is 35.9 Å². The van der Waals surface area contributed by atoms with Gasteiger partial charge in [0.1, 0.15) is 0 Å². The van der Waals surface area contributed by atoms with Crippen molar-refractivity contribution in [1.82, 2.24) is 10.6 Å². The monoisotopic (exact) mass is 305 g/mol. The van der Waals surface area contributed by atoms with Crippen LogP contribution in [0.25, 0.3) is 0 Å². The molecule has 1 saturated carbocycles. The zero-order valence-corrected chi connectivity index (χ0v) is 14.0. The molecule has 4 heteroatoms. The molecule has 1 aromatic rings. The van der Waals surface area contributed by atoms with Gasteiger partial charge in [-0.3, -0.25) is 4.99 Å². The Hall–Kier alpha value is -1.16. The van der Waals surface area contributed by atoms with Gasteiger partial charge in [0.25, 0.3) is 0 Å². The first kappa shape index (κ1) is 16.2. The molecule has 1 aromatic carbocycles. The van der Waals surface area contributed by atoms with Gasteiger partial charge < -0.3 is 10.6 Å². The fourth-order valence-electron chi connectivity index (χ4n) is 2.78. The summed E-state index contributed by atoms with van der Waals surface area (Å²) >= 11 is 1.85. The topological polar surface area (TPSA) is 36.4 Å². The number of rotatable bonds is 7. The summed E-state index contributed by atoms with van der Waals surface area (Å²) in [7, 11) is 0. The molecule has 0 saturated heterocycles. The molecular formula is C17H27N3S. The summed E-state index contributed by atoms with van der Waals surface area (Å²) < 4.78 is 0. The molecule has 1 aliphatic carbocycles. The fourth-order valence-corrected chi connectivity index (χ4v) is 3.08. The third-order valence-electron chi connectivity index (χ3n) is 4.18. The lowest BCUT2D eigenvalue weighted by molar-refractivity contribution is 0.253. The molecule has 0 radical (unpaired) electrons. The van der Waals surface area contributed by atoms with Crippen LogP contribution in [0.4, 0.5) is 0 Å². The summed E-state index contributed by atoms with van der Waals surface area (Å²) in [5.41, 5.74) is 1.71. The first-order valence-electron chi connectivity index (χ1n) is 7.87. The van der Waals surface area contributed by atoms with E-state index in [9.17, 15) is 0 Å².